The number of aromatic nitrogens is 2. The first-order valence-corrected chi connectivity index (χ1v) is 6.76. The monoisotopic (exact) mass is 259 g/mol. The van der Waals surface area contributed by atoms with Crippen LogP contribution < -0.4 is 5.32 Å². The minimum Gasteiger partial charge on any atom is -0.339 e. The molecule has 0 aliphatic rings. The van der Waals surface area contributed by atoms with Crippen LogP contribution in [0.4, 0.5) is 0 Å². The van der Waals surface area contributed by atoms with Crippen molar-refractivity contribution in [1.29, 1.82) is 0 Å². The maximum absolute atomic E-state index is 5.40. The Balaban J connectivity index is 2.22. The smallest absolute Gasteiger partial charge is 0.231 e. The van der Waals surface area contributed by atoms with Crippen LogP contribution in [-0.4, -0.2) is 22.7 Å². The van der Waals surface area contributed by atoms with Gasteiger partial charge in [-0.15, -0.1) is 0 Å². The van der Waals surface area contributed by atoms with Crippen LogP contribution in [0.1, 0.15) is 38.1 Å². The Morgan fingerprint density at radius 3 is 2.68 bits per heavy atom. The van der Waals surface area contributed by atoms with Crippen LogP contribution in [0.15, 0.2) is 28.8 Å². The molecular formula is C15H21N3O. The lowest BCUT2D eigenvalue weighted by atomic mass is 10.0. The van der Waals surface area contributed by atoms with E-state index < -0.39 is 0 Å². The Bertz CT molecular complexity index is 536. The number of hydrogen-bond acceptors (Lipinski definition) is 4. The van der Waals surface area contributed by atoms with Gasteiger partial charge >= 0.3 is 0 Å². The molecule has 1 heterocycles. The van der Waals surface area contributed by atoms with E-state index in [0.717, 1.165) is 17.7 Å². The molecule has 0 radical (unpaired) electrons. The first kappa shape index (κ1) is 13.7. The van der Waals surface area contributed by atoms with Crippen LogP contribution >= 0.6 is 0 Å². The summed E-state index contributed by atoms with van der Waals surface area (Å²) >= 11 is 0. The van der Waals surface area contributed by atoms with E-state index in [4.69, 9.17) is 4.52 Å². The fraction of sp³-hybridized carbons (Fsp3) is 0.467. The number of aryl methyl sites for hydroxylation is 1. The van der Waals surface area contributed by atoms with E-state index >= 15 is 0 Å². The van der Waals surface area contributed by atoms with E-state index in [1.54, 1.807) is 0 Å². The lowest BCUT2D eigenvalue weighted by molar-refractivity contribution is 0.332. The molecule has 19 heavy (non-hydrogen) atoms. The number of likely N-dealkylation sites (N-methyl/N-ethyl adjacent to an activating group) is 1. The molecule has 0 aliphatic carbocycles. The SMILES string of the molecule is CCNC(C)C(C)c1nc(-c2ccccc2C)no1. The number of nitrogens with zero attached hydrogens (tertiary/aromatic N) is 2. The van der Waals surface area contributed by atoms with E-state index in [1.807, 2.05) is 18.2 Å². The Morgan fingerprint density at radius 1 is 1.26 bits per heavy atom. The average Bonchev–Trinajstić information content (AvgIpc) is 2.88. The summed E-state index contributed by atoms with van der Waals surface area (Å²) in [5.41, 5.74) is 2.18. The lowest BCUT2D eigenvalue weighted by Gasteiger charge is -2.16. The second-order valence-electron chi connectivity index (χ2n) is 4.91. The summed E-state index contributed by atoms with van der Waals surface area (Å²) in [5, 5.41) is 7.47. The summed E-state index contributed by atoms with van der Waals surface area (Å²) in [6.45, 7) is 9.31. The van der Waals surface area contributed by atoms with Crippen LogP contribution in [0.5, 0.6) is 0 Å². The lowest BCUT2D eigenvalue weighted by Crippen LogP contribution is -2.30. The molecule has 1 aromatic heterocycles. The molecule has 2 rings (SSSR count). The van der Waals surface area contributed by atoms with Crippen molar-refractivity contribution in [2.75, 3.05) is 6.54 Å². The highest BCUT2D eigenvalue weighted by Crippen LogP contribution is 2.23. The van der Waals surface area contributed by atoms with E-state index in [1.165, 1.54) is 0 Å². The first-order valence-electron chi connectivity index (χ1n) is 6.76. The molecule has 4 nitrogen and oxygen atoms in total. The van der Waals surface area contributed by atoms with Crippen LogP contribution in [0.3, 0.4) is 0 Å². The van der Waals surface area contributed by atoms with E-state index in [2.05, 4.69) is 49.2 Å². The largest absolute Gasteiger partial charge is 0.339 e. The fourth-order valence-corrected chi connectivity index (χ4v) is 2.07. The molecule has 2 unspecified atom stereocenters. The minimum atomic E-state index is 0.199. The Labute approximate surface area is 114 Å². The summed E-state index contributed by atoms with van der Waals surface area (Å²) in [7, 11) is 0. The molecule has 0 aliphatic heterocycles. The second kappa shape index (κ2) is 5.97. The standard InChI is InChI=1S/C15H21N3O/c1-5-16-12(4)11(3)15-17-14(18-19-15)13-9-7-6-8-10(13)2/h6-9,11-12,16H,5H2,1-4H3. The highest BCUT2D eigenvalue weighted by Gasteiger charge is 2.20. The summed E-state index contributed by atoms with van der Waals surface area (Å²) in [4.78, 5) is 4.53. The average molecular weight is 259 g/mol. The molecule has 0 fully saturated rings. The third kappa shape index (κ3) is 3.01. The number of benzene rings is 1. The van der Waals surface area contributed by atoms with Gasteiger partial charge in [-0.1, -0.05) is 43.3 Å². The van der Waals surface area contributed by atoms with Crippen LogP contribution in [0.2, 0.25) is 0 Å². The minimum absolute atomic E-state index is 0.199. The van der Waals surface area contributed by atoms with Crippen molar-refractivity contribution in [3.63, 3.8) is 0 Å². The van der Waals surface area contributed by atoms with Gasteiger partial charge in [0.1, 0.15) is 0 Å². The number of hydrogen-bond donors (Lipinski definition) is 1. The predicted octanol–water partition coefficient (Wildman–Crippen LogP) is 3.15. The van der Waals surface area contributed by atoms with Crippen molar-refractivity contribution in [2.24, 2.45) is 0 Å². The Kier molecular flexibility index (Phi) is 4.32. The van der Waals surface area contributed by atoms with Crippen molar-refractivity contribution < 1.29 is 4.52 Å². The summed E-state index contributed by atoms with van der Waals surface area (Å²) in [6, 6.07) is 8.38. The van der Waals surface area contributed by atoms with E-state index in [0.29, 0.717) is 17.8 Å². The summed E-state index contributed by atoms with van der Waals surface area (Å²) in [6.07, 6.45) is 0. The van der Waals surface area contributed by atoms with Crippen molar-refractivity contribution in [3.8, 4) is 11.4 Å². The maximum atomic E-state index is 5.40. The van der Waals surface area contributed by atoms with E-state index in [-0.39, 0.29) is 5.92 Å². The van der Waals surface area contributed by atoms with Gasteiger partial charge < -0.3 is 9.84 Å². The summed E-state index contributed by atoms with van der Waals surface area (Å²) in [5.74, 6) is 1.56. The topological polar surface area (TPSA) is 51.0 Å². The highest BCUT2D eigenvalue weighted by atomic mass is 16.5. The number of rotatable bonds is 5. The van der Waals surface area contributed by atoms with Gasteiger partial charge in [-0.05, 0) is 26.0 Å². The van der Waals surface area contributed by atoms with Gasteiger partial charge in [-0.2, -0.15) is 4.98 Å². The number of nitrogens with one attached hydrogen (secondary N) is 1. The maximum Gasteiger partial charge on any atom is 0.231 e. The molecule has 102 valence electrons. The van der Waals surface area contributed by atoms with Crippen LogP contribution in [0.25, 0.3) is 11.4 Å². The molecule has 0 bridgehead atoms. The molecule has 0 saturated carbocycles. The molecule has 0 amide bonds. The molecular weight excluding hydrogens is 238 g/mol. The molecule has 4 heteroatoms. The van der Waals surface area contributed by atoms with Gasteiger partial charge in [0.25, 0.3) is 0 Å². The highest BCUT2D eigenvalue weighted by molar-refractivity contribution is 5.58. The van der Waals surface area contributed by atoms with Gasteiger partial charge in [-0.3, -0.25) is 0 Å². The zero-order valence-corrected chi connectivity index (χ0v) is 12.0. The zero-order valence-electron chi connectivity index (χ0n) is 12.0. The van der Waals surface area contributed by atoms with Gasteiger partial charge in [0.2, 0.25) is 11.7 Å². The Hall–Kier alpha value is -1.68. The van der Waals surface area contributed by atoms with Crippen molar-refractivity contribution >= 4 is 0 Å². The van der Waals surface area contributed by atoms with Gasteiger partial charge in [0, 0.05) is 11.6 Å². The van der Waals surface area contributed by atoms with Crippen LogP contribution in [0, 0.1) is 6.92 Å². The molecule has 2 aromatic rings. The van der Waals surface area contributed by atoms with Crippen molar-refractivity contribution in [2.45, 2.75) is 39.7 Å². The summed E-state index contributed by atoms with van der Waals surface area (Å²) < 4.78 is 5.40. The molecule has 2 atom stereocenters. The molecule has 0 spiro atoms. The molecule has 1 aromatic carbocycles. The van der Waals surface area contributed by atoms with Gasteiger partial charge in [0.15, 0.2) is 0 Å². The zero-order chi connectivity index (χ0) is 13.8. The first-order chi connectivity index (χ1) is 9.13. The van der Waals surface area contributed by atoms with E-state index in [9.17, 15) is 0 Å². The fourth-order valence-electron chi connectivity index (χ4n) is 2.07. The van der Waals surface area contributed by atoms with Gasteiger partial charge in [-0.25, -0.2) is 0 Å². The Morgan fingerprint density at radius 2 is 2.00 bits per heavy atom. The molecule has 0 saturated heterocycles. The van der Waals surface area contributed by atoms with Crippen molar-refractivity contribution in [3.05, 3.63) is 35.7 Å². The van der Waals surface area contributed by atoms with Crippen molar-refractivity contribution in [1.82, 2.24) is 15.5 Å². The third-order valence-corrected chi connectivity index (χ3v) is 3.49. The quantitative estimate of drug-likeness (QED) is 0.896. The molecule has 1 N–H and O–H groups in total. The normalized spacial score (nSPS) is 14.3. The van der Waals surface area contributed by atoms with Crippen LogP contribution in [-0.2, 0) is 0 Å². The predicted molar refractivity (Wildman–Crippen MR) is 76.0 cm³/mol. The van der Waals surface area contributed by atoms with Gasteiger partial charge in [0.05, 0.1) is 5.92 Å². The second-order valence-corrected chi connectivity index (χ2v) is 4.91. The third-order valence-electron chi connectivity index (χ3n) is 3.49.